The van der Waals surface area contributed by atoms with Gasteiger partial charge in [-0.1, -0.05) is 0 Å². The van der Waals surface area contributed by atoms with Crippen LogP contribution < -0.4 is 5.32 Å². The number of hydrogen-bond donors (Lipinski definition) is 1. The van der Waals surface area contributed by atoms with Gasteiger partial charge >= 0.3 is 0 Å². The van der Waals surface area contributed by atoms with Crippen molar-refractivity contribution in [3.05, 3.63) is 59.8 Å². The first-order valence-corrected chi connectivity index (χ1v) is 12.6. The molecule has 2 fully saturated rings. The molecule has 10 heteroatoms. The summed E-state index contributed by atoms with van der Waals surface area (Å²) in [7, 11) is 2.18. The van der Waals surface area contributed by atoms with Crippen LogP contribution in [0.25, 0.3) is 22.2 Å². The predicted octanol–water partition coefficient (Wildman–Crippen LogP) is 4.55. The summed E-state index contributed by atoms with van der Waals surface area (Å²) in [5.74, 6) is 1.19. The SMILES string of the molecule is Cc1nc2c(F)cc(-c3cc(Nc4ncc(CN5C[C@@H]6CN(C)[C@@H]6C5)cn4)ncc3F)cc2n1C(C)C. The van der Waals surface area contributed by atoms with Gasteiger partial charge in [0, 0.05) is 67.7 Å². The summed E-state index contributed by atoms with van der Waals surface area (Å²) in [4.78, 5) is 22.2. The first-order chi connectivity index (χ1) is 17.8. The number of imidazole rings is 1. The number of nitrogens with one attached hydrogen (secondary N) is 1. The number of likely N-dealkylation sites (N-methyl/N-ethyl adjacent to an activating group) is 1. The van der Waals surface area contributed by atoms with E-state index in [0.29, 0.717) is 34.7 Å². The topological polar surface area (TPSA) is 75.0 Å². The van der Waals surface area contributed by atoms with Crippen molar-refractivity contribution >= 4 is 22.8 Å². The van der Waals surface area contributed by atoms with Crippen LogP contribution in [0.1, 0.15) is 31.3 Å². The number of pyridine rings is 1. The highest BCUT2D eigenvalue weighted by atomic mass is 19.1. The quantitative estimate of drug-likeness (QED) is 0.413. The van der Waals surface area contributed by atoms with Gasteiger partial charge in [-0.2, -0.15) is 0 Å². The lowest BCUT2D eigenvalue weighted by Crippen LogP contribution is -2.52. The number of rotatable bonds is 6. The maximum atomic E-state index is 15.0. The van der Waals surface area contributed by atoms with Gasteiger partial charge in [-0.25, -0.2) is 28.7 Å². The van der Waals surface area contributed by atoms with E-state index in [9.17, 15) is 8.78 Å². The molecule has 2 atom stereocenters. The summed E-state index contributed by atoms with van der Waals surface area (Å²) in [5.41, 5.74) is 2.60. The van der Waals surface area contributed by atoms with E-state index in [2.05, 4.69) is 42.1 Å². The Morgan fingerprint density at radius 2 is 1.78 bits per heavy atom. The third kappa shape index (κ3) is 4.34. The van der Waals surface area contributed by atoms with Crippen LogP contribution in [0.4, 0.5) is 20.5 Å². The normalized spacial score (nSPS) is 20.0. The molecule has 3 aromatic heterocycles. The van der Waals surface area contributed by atoms with E-state index in [-0.39, 0.29) is 17.1 Å². The lowest BCUT2D eigenvalue weighted by Gasteiger charge is -2.40. The number of halogens is 2. The number of aryl methyl sites for hydroxylation is 1. The molecule has 192 valence electrons. The third-order valence-corrected chi connectivity index (χ3v) is 7.53. The van der Waals surface area contributed by atoms with Crippen molar-refractivity contribution in [2.45, 2.75) is 39.4 Å². The van der Waals surface area contributed by atoms with Gasteiger partial charge in [-0.3, -0.25) is 4.90 Å². The van der Waals surface area contributed by atoms with E-state index >= 15 is 0 Å². The van der Waals surface area contributed by atoms with Crippen LogP contribution in [0.2, 0.25) is 0 Å². The van der Waals surface area contributed by atoms with Crippen molar-refractivity contribution in [2.75, 3.05) is 32.0 Å². The van der Waals surface area contributed by atoms with Crippen molar-refractivity contribution in [1.29, 1.82) is 0 Å². The molecule has 37 heavy (non-hydrogen) atoms. The Hall–Kier alpha value is -3.50. The first kappa shape index (κ1) is 23.9. The molecule has 5 heterocycles. The summed E-state index contributed by atoms with van der Waals surface area (Å²) >= 11 is 0. The highest BCUT2D eigenvalue weighted by Crippen LogP contribution is 2.33. The third-order valence-electron chi connectivity index (χ3n) is 7.53. The number of anilines is 2. The smallest absolute Gasteiger partial charge is 0.228 e. The van der Waals surface area contributed by atoms with E-state index in [1.807, 2.05) is 37.7 Å². The molecule has 6 rings (SSSR count). The maximum absolute atomic E-state index is 15.0. The summed E-state index contributed by atoms with van der Waals surface area (Å²) in [6.45, 7) is 10.0. The molecule has 1 N–H and O–H groups in total. The Morgan fingerprint density at radius 3 is 2.49 bits per heavy atom. The summed E-state index contributed by atoms with van der Waals surface area (Å²) < 4.78 is 31.8. The van der Waals surface area contributed by atoms with Crippen LogP contribution >= 0.6 is 0 Å². The van der Waals surface area contributed by atoms with Gasteiger partial charge < -0.3 is 14.8 Å². The van der Waals surface area contributed by atoms with Crippen LogP contribution in [0.15, 0.2) is 36.8 Å². The Morgan fingerprint density at radius 1 is 1.00 bits per heavy atom. The number of likely N-dealkylation sites (tertiary alicyclic amines) is 2. The zero-order chi connectivity index (χ0) is 25.8. The van der Waals surface area contributed by atoms with E-state index in [4.69, 9.17) is 0 Å². The molecule has 0 spiro atoms. The molecule has 0 amide bonds. The minimum atomic E-state index is -0.543. The van der Waals surface area contributed by atoms with Gasteiger partial charge in [-0.15, -0.1) is 0 Å². The zero-order valence-corrected chi connectivity index (χ0v) is 21.4. The standard InChI is InChI=1S/C27H30F2N8/c1-15(2)37-16(3)33-26-21(28)5-18(6-23(26)37)20-7-25(30-10-22(20)29)34-27-31-8-17(9-32-27)11-36-13-19-12-35(4)24(19)14-36/h5-10,15,19,24H,11-14H2,1-4H3,(H,30,31,32,34)/t19-,24+/m0/s1. The molecule has 0 bridgehead atoms. The fourth-order valence-corrected chi connectivity index (χ4v) is 5.79. The van der Waals surface area contributed by atoms with Crippen molar-refractivity contribution in [3.63, 3.8) is 0 Å². The van der Waals surface area contributed by atoms with Gasteiger partial charge in [0.05, 0.1) is 11.7 Å². The second-order valence-electron chi connectivity index (χ2n) is 10.5. The Kier molecular flexibility index (Phi) is 5.88. The molecule has 2 aliphatic heterocycles. The predicted molar refractivity (Wildman–Crippen MR) is 139 cm³/mol. The molecule has 8 nitrogen and oxygen atoms in total. The Balaban J connectivity index is 1.22. The van der Waals surface area contributed by atoms with Gasteiger partial charge in [0.2, 0.25) is 5.95 Å². The summed E-state index contributed by atoms with van der Waals surface area (Å²) in [6, 6.07) is 5.39. The van der Waals surface area contributed by atoms with E-state index in [1.54, 1.807) is 12.1 Å². The molecule has 0 saturated carbocycles. The Bertz CT molecular complexity index is 1470. The van der Waals surface area contributed by atoms with Gasteiger partial charge in [0.25, 0.3) is 0 Å². The number of hydrogen-bond acceptors (Lipinski definition) is 7. The lowest BCUT2D eigenvalue weighted by molar-refractivity contribution is 0.0825. The maximum Gasteiger partial charge on any atom is 0.228 e. The largest absolute Gasteiger partial charge is 0.326 e. The van der Waals surface area contributed by atoms with Crippen LogP contribution in [-0.4, -0.2) is 67.0 Å². The minimum Gasteiger partial charge on any atom is -0.326 e. The monoisotopic (exact) mass is 504 g/mol. The number of fused-ring (bicyclic) bond motifs is 2. The second-order valence-corrected chi connectivity index (χ2v) is 10.5. The fraction of sp³-hybridized carbons (Fsp3) is 0.407. The van der Waals surface area contributed by atoms with Crippen LogP contribution in [-0.2, 0) is 6.54 Å². The average molecular weight is 505 g/mol. The van der Waals surface area contributed by atoms with Gasteiger partial charge in [0.1, 0.15) is 23.0 Å². The molecular formula is C27H30F2N8. The average Bonchev–Trinajstić information content (AvgIpc) is 3.37. The van der Waals surface area contributed by atoms with Gasteiger partial charge in [-0.05, 0) is 51.6 Å². The summed E-state index contributed by atoms with van der Waals surface area (Å²) in [5, 5.41) is 3.05. The van der Waals surface area contributed by atoms with E-state index in [1.165, 1.54) is 12.6 Å². The molecule has 2 saturated heterocycles. The van der Waals surface area contributed by atoms with Crippen molar-refractivity contribution in [2.24, 2.45) is 5.92 Å². The molecule has 0 aliphatic carbocycles. The first-order valence-electron chi connectivity index (χ1n) is 12.6. The van der Waals surface area contributed by atoms with Crippen LogP contribution in [0.5, 0.6) is 0 Å². The number of nitrogens with zero attached hydrogens (tertiary/aromatic N) is 7. The lowest BCUT2D eigenvalue weighted by atomic mass is 9.93. The van der Waals surface area contributed by atoms with Crippen LogP contribution in [0, 0.1) is 24.5 Å². The van der Waals surface area contributed by atoms with E-state index < -0.39 is 11.6 Å². The van der Waals surface area contributed by atoms with Crippen LogP contribution in [0.3, 0.4) is 0 Å². The molecule has 0 unspecified atom stereocenters. The molecule has 4 aromatic rings. The molecule has 0 radical (unpaired) electrons. The van der Waals surface area contributed by atoms with Crippen molar-refractivity contribution < 1.29 is 8.78 Å². The highest BCUT2D eigenvalue weighted by Gasteiger charge is 2.43. The molecular weight excluding hydrogens is 474 g/mol. The number of benzene rings is 1. The summed E-state index contributed by atoms with van der Waals surface area (Å²) in [6.07, 6.45) is 4.74. The van der Waals surface area contributed by atoms with Crippen molar-refractivity contribution in [3.8, 4) is 11.1 Å². The highest BCUT2D eigenvalue weighted by molar-refractivity contribution is 5.84. The van der Waals surface area contributed by atoms with Crippen molar-refractivity contribution in [1.82, 2.24) is 34.3 Å². The second kappa shape index (κ2) is 9.11. The van der Waals surface area contributed by atoms with Gasteiger partial charge in [0.15, 0.2) is 5.82 Å². The Labute approximate surface area is 214 Å². The van der Waals surface area contributed by atoms with E-state index in [0.717, 1.165) is 37.3 Å². The minimum absolute atomic E-state index is 0.0845. The zero-order valence-electron chi connectivity index (χ0n) is 21.4. The number of aromatic nitrogens is 5. The molecule has 2 aliphatic rings. The molecule has 1 aromatic carbocycles. The fourth-order valence-electron chi connectivity index (χ4n) is 5.79.